The number of carbonyl (C=O) groups excluding carboxylic acids is 1. The quantitative estimate of drug-likeness (QED) is 0.699. The molecule has 0 aliphatic rings. The Hall–Kier alpha value is -1.13. The maximum Gasteiger partial charge on any atom is 0.256 e. The van der Waals surface area contributed by atoms with E-state index in [1.54, 1.807) is 0 Å². The van der Waals surface area contributed by atoms with E-state index in [1.165, 1.54) is 0 Å². The number of nitrogens with one attached hydrogen (secondary N) is 1. The highest BCUT2D eigenvalue weighted by Gasteiger charge is 2.14. The first-order valence-electron chi connectivity index (χ1n) is 6.94. The largest absolute Gasteiger partial charge is 0.321 e. The van der Waals surface area contributed by atoms with Crippen LogP contribution in [0.2, 0.25) is 0 Å². The number of aryl methyl sites for hydroxylation is 2. The van der Waals surface area contributed by atoms with Gasteiger partial charge in [0.25, 0.3) is 5.91 Å². The van der Waals surface area contributed by atoms with Crippen molar-refractivity contribution >= 4 is 43.5 Å². The molecule has 0 atom stereocenters. The fraction of sp³-hybridized carbons (Fsp3) is 0.235. The van der Waals surface area contributed by atoms with Gasteiger partial charge in [-0.25, -0.2) is 0 Å². The zero-order valence-corrected chi connectivity index (χ0v) is 15.2. The second-order valence-corrected chi connectivity index (χ2v) is 6.51. The molecule has 0 heterocycles. The van der Waals surface area contributed by atoms with Gasteiger partial charge in [0, 0.05) is 14.6 Å². The van der Waals surface area contributed by atoms with Gasteiger partial charge in [0.05, 0.1) is 5.56 Å². The summed E-state index contributed by atoms with van der Waals surface area (Å²) in [7, 11) is 0. The first-order chi connectivity index (χ1) is 10.1. The minimum absolute atomic E-state index is 0.0926. The van der Waals surface area contributed by atoms with Gasteiger partial charge < -0.3 is 5.32 Å². The smallest absolute Gasteiger partial charge is 0.256 e. The summed E-state index contributed by atoms with van der Waals surface area (Å²) in [5, 5.41) is 3.07. The number of benzene rings is 2. The fourth-order valence-corrected chi connectivity index (χ4v) is 3.48. The molecule has 0 aliphatic carbocycles. The molecule has 110 valence electrons. The van der Waals surface area contributed by atoms with E-state index in [2.05, 4.69) is 63.2 Å². The normalized spacial score (nSPS) is 10.5. The number of carbonyl (C=O) groups is 1. The highest BCUT2D eigenvalue weighted by Crippen LogP contribution is 2.26. The lowest BCUT2D eigenvalue weighted by Gasteiger charge is -2.15. The van der Waals surface area contributed by atoms with Crippen LogP contribution in [0.4, 0.5) is 5.69 Å². The number of para-hydroxylation sites is 1. The Balaban J connectivity index is 2.35. The Morgan fingerprint density at radius 2 is 1.67 bits per heavy atom. The molecule has 0 saturated carbocycles. The van der Waals surface area contributed by atoms with Gasteiger partial charge in [0.1, 0.15) is 0 Å². The molecule has 0 spiro atoms. The Morgan fingerprint density at radius 3 is 2.19 bits per heavy atom. The van der Waals surface area contributed by atoms with Crippen LogP contribution in [0.3, 0.4) is 0 Å². The number of hydrogen-bond acceptors (Lipinski definition) is 1. The summed E-state index contributed by atoms with van der Waals surface area (Å²) in [6.07, 6.45) is 1.79. The molecule has 1 amide bonds. The molecule has 1 N–H and O–H groups in total. The van der Waals surface area contributed by atoms with E-state index in [9.17, 15) is 4.79 Å². The Kier molecular flexibility index (Phi) is 5.59. The predicted octanol–water partition coefficient (Wildman–Crippen LogP) is 5.59. The van der Waals surface area contributed by atoms with E-state index in [4.69, 9.17) is 0 Å². The van der Waals surface area contributed by atoms with Gasteiger partial charge in [-0.15, -0.1) is 0 Å². The average Bonchev–Trinajstić information content (AvgIpc) is 2.47. The molecule has 0 bridgehead atoms. The maximum atomic E-state index is 12.5. The van der Waals surface area contributed by atoms with Crippen molar-refractivity contribution in [3.05, 3.63) is 62.0 Å². The molecular weight excluding hydrogens is 394 g/mol. The van der Waals surface area contributed by atoms with Crippen LogP contribution >= 0.6 is 31.9 Å². The van der Waals surface area contributed by atoms with Gasteiger partial charge in [-0.3, -0.25) is 4.79 Å². The molecule has 2 aromatic rings. The van der Waals surface area contributed by atoms with Crippen LogP contribution in [0.1, 0.15) is 35.3 Å². The maximum absolute atomic E-state index is 12.5. The summed E-state index contributed by atoms with van der Waals surface area (Å²) >= 11 is 6.84. The van der Waals surface area contributed by atoms with Crippen molar-refractivity contribution in [2.75, 3.05) is 5.32 Å². The summed E-state index contributed by atoms with van der Waals surface area (Å²) in [6.45, 7) is 4.19. The predicted molar refractivity (Wildman–Crippen MR) is 95.0 cm³/mol. The molecular formula is C17H17Br2NO. The minimum atomic E-state index is -0.0926. The molecule has 21 heavy (non-hydrogen) atoms. The van der Waals surface area contributed by atoms with Gasteiger partial charge in [0.15, 0.2) is 0 Å². The van der Waals surface area contributed by atoms with E-state index in [0.717, 1.165) is 38.6 Å². The standard InChI is InChI=1S/C17H17Br2NO/c1-3-11-6-5-7-12(4-2)16(11)20-17(21)14-9-8-13(18)10-15(14)19/h5-10H,3-4H2,1-2H3,(H,20,21). The van der Waals surface area contributed by atoms with Crippen molar-refractivity contribution in [1.82, 2.24) is 0 Å². The van der Waals surface area contributed by atoms with E-state index < -0.39 is 0 Å². The lowest BCUT2D eigenvalue weighted by atomic mass is 10.0. The number of rotatable bonds is 4. The van der Waals surface area contributed by atoms with Gasteiger partial charge in [-0.2, -0.15) is 0 Å². The second kappa shape index (κ2) is 7.23. The van der Waals surface area contributed by atoms with Crippen molar-refractivity contribution in [3.63, 3.8) is 0 Å². The summed E-state index contributed by atoms with van der Waals surface area (Å²) in [6, 6.07) is 11.7. The van der Waals surface area contributed by atoms with Crippen LogP contribution in [0.15, 0.2) is 45.3 Å². The average molecular weight is 411 g/mol. The topological polar surface area (TPSA) is 29.1 Å². The lowest BCUT2D eigenvalue weighted by Crippen LogP contribution is -2.15. The Bertz CT molecular complexity index is 646. The molecule has 0 aliphatic heterocycles. The summed E-state index contributed by atoms with van der Waals surface area (Å²) in [5.41, 5.74) is 3.90. The fourth-order valence-electron chi connectivity index (χ4n) is 2.26. The number of amides is 1. The first kappa shape index (κ1) is 16.2. The van der Waals surface area contributed by atoms with E-state index in [1.807, 2.05) is 24.3 Å². The molecule has 0 aromatic heterocycles. The van der Waals surface area contributed by atoms with Gasteiger partial charge >= 0.3 is 0 Å². The van der Waals surface area contributed by atoms with Crippen LogP contribution in [0.5, 0.6) is 0 Å². The second-order valence-electron chi connectivity index (χ2n) is 4.74. The third-order valence-electron chi connectivity index (χ3n) is 3.41. The van der Waals surface area contributed by atoms with Crippen LogP contribution in [-0.2, 0) is 12.8 Å². The van der Waals surface area contributed by atoms with Crippen molar-refractivity contribution in [3.8, 4) is 0 Å². The number of anilines is 1. The highest BCUT2D eigenvalue weighted by molar-refractivity contribution is 9.11. The van der Waals surface area contributed by atoms with Crippen LogP contribution in [-0.4, -0.2) is 5.91 Å². The number of hydrogen-bond donors (Lipinski definition) is 1. The highest BCUT2D eigenvalue weighted by atomic mass is 79.9. The molecule has 0 saturated heterocycles. The van der Waals surface area contributed by atoms with Crippen molar-refractivity contribution in [2.45, 2.75) is 26.7 Å². The van der Waals surface area contributed by atoms with Crippen LogP contribution in [0.25, 0.3) is 0 Å². The van der Waals surface area contributed by atoms with Crippen molar-refractivity contribution < 1.29 is 4.79 Å². The van der Waals surface area contributed by atoms with Gasteiger partial charge in [0.2, 0.25) is 0 Å². The third kappa shape index (κ3) is 3.74. The molecule has 0 unspecified atom stereocenters. The molecule has 2 aromatic carbocycles. The van der Waals surface area contributed by atoms with Crippen LogP contribution < -0.4 is 5.32 Å². The Morgan fingerprint density at radius 1 is 1.05 bits per heavy atom. The first-order valence-corrected chi connectivity index (χ1v) is 8.52. The minimum Gasteiger partial charge on any atom is -0.321 e. The SMILES string of the molecule is CCc1cccc(CC)c1NC(=O)c1ccc(Br)cc1Br. The van der Waals surface area contributed by atoms with Crippen molar-refractivity contribution in [1.29, 1.82) is 0 Å². The molecule has 2 nitrogen and oxygen atoms in total. The van der Waals surface area contributed by atoms with Gasteiger partial charge in [-0.05, 0) is 58.1 Å². The molecule has 4 heteroatoms. The molecule has 0 radical (unpaired) electrons. The zero-order valence-electron chi connectivity index (χ0n) is 12.0. The molecule has 0 fully saturated rings. The van der Waals surface area contributed by atoms with Crippen LogP contribution in [0, 0.1) is 0 Å². The third-order valence-corrected chi connectivity index (χ3v) is 4.56. The van der Waals surface area contributed by atoms with E-state index >= 15 is 0 Å². The number of halogens is 2. The summed E-state index contributed by atoms with van der Waals surface area (Å²) in [5.74, 6) is -0.0926. The monoisotopic (exact) mass is 409 g/mol. The Labute approximate surface area is 142 Å². The van der Waals surface area contributed by atoms with Gasteiger partial charge in [-0.1, -0.05) is 48.0 Å². The van der Waals surface area contributed by atoms with E-state index in [-0.39, 0.29) is 5.91 Å². The van der Waals surface area contributed by atoms with E-state index in [0.29, 0.717) is 5.56 Å². The molecule has 2 rings (SSSR count). The van der Waals surface area contributed by atoms with Crippen molar-refractivity contribution in [2.24, 2.45) is 0 Å². The summed E-state index contributed by atoms with van der Waals surface area (Å²) < 4.78 is 1.72. The lowest BCUT2D eigenvalue weighted by molar-refractivity contribution is 0.102. The zero-order chi connectivity index (χ0) is 15.4. The summed E-state index contributed by atoms with van der Waals surface area (Å²) in [4.78, 5) is 12.5.